The van der Waals surface area contributed by atoms with Crippen molar-refractivity contribution in [2.45, 2.75) is 19.8 Å². The smallest absolute Gasteiger partial charge is 0.227 e. The third-order valence-electron chi connectivity index (χ3n) is 5.08. The number of amides is 1. The zero-order valence-corrected chi connectivity index (χ0v) is 18.1. The van der Waals surface area contributed by atoms with E-state index in [2.05, 4.69) is 17.1 Å². The quantitative estimate of drug-likeness (QED) is 0.548. The average molecular weight is 429 g/mol. The van der Waals surface area contributed by atoms with E-state index in [9.17, 15) is 9.90 Å². The maximum atomic E-state index is 12.6. The first kappa shape index (κ1) is 22.0. The standard InChI is InChI=1S/C23H29ClN4O2/c1-2-25-23(26-10-9-18-5-4-8-21(29)16-18)28-13-11-27(12-14-28)22(30)17-19-6-3-7-20(24)15-19/h3-8,15-16,29H,2,9-14,17H2,1H3,(H,25,26). The highest BCUT2D eigenvalue weighted by molar-refractivity contribution is 6.30. The molecule has 0 aromatic heterocycles. The summed E-state index contributed by atoms with van der Waals surface area (Å²) >= 11 is 6.02. The van der Waals surface area contributed by atoms with Crippen molar-refractivity contribution in [2.75, 3.05) is 39.3 Å². The zero-order valence-electron chi connectivity index (χ0n) is 17.4. The van der Waals surface area contributed by atoms with Crippen molar-refractivity contribution in [3.8, 4) is 5.75 Å². The van der Waals surface area contributed by atoms with Gasteiger partial charge in [-0.1, -0.05) is 35.9 Å². The molecule has 1 fully saturated rings. The third-order valence-corrected chi connectivity index (χ3v) is 5.32. The van der Waals surface area contributed by atoms with Crippen LogP contribution in [0.2, 0.25) is 5.02 Å². The van der Waals surface area contributed by atoms with Gasteiger partial charge in [-0.3, -0.25) is 9.79 Å². The van der Waals surface area contributed by atoms with E-state index >= 15 is 0 Å². The van der Waals surface area contributed by atoms with Crippen LogP contribution in [0.25, 0.3) is 0 Å². The molecule has 2 aromatic carbocycles. The molecule has 0 unspecified atom stereocenters. The van der Waals surface area contributed by atoms with E-state index in [4.69, 9.17) is 16.6 Å². The van der Waals surface area contributed by atoms with Gasteiger partial charge in [0.15, 0.2) is 5.96 Å². The minimum atomic E-state index is 0.128. The molecule has 6 nitrogen and oxygen atoms in total. The van der Waals surface area contributed by atoms with Crippen LogP contribution in [0.5, 0.6) is 5.75 Å². The minimum absolute atomic E-state index is 0.128. The molecule has 160 valence electrons. The van der Waals surface area contributed by atoms with E-state index in [1.54, 1.807) is 12.1 Å². The lowest BCUT2D eigenvalue weighted by Gasteiger charge is -2.36. The number of hydrogen-bond donors (Lipinski definition) is 2. The molecule has 2 N–H and O–H groups in total. The van der Waals surface area contributed by atoms with Crippen LogP contribution in [0.15, 0.2) is 53.5 Å². The lowest BCUT2D eigenvalue weighted by atomic mass is 10.1. The van der Waals surface area contributed by atoms with Gasteiger partial charge in [0, 0.05) is 44.3 Å². The fourth-order valence-corrected chi connectivity index (χ4v) is 3.74. The Bertz CT molecular complexity index is 879. The molecule has 0 atom stereocenters. The lowest BCUT2D eigenvalue weighted by Crippen LogP contribution is -2.54. The molecule has 7 heteroatoms. The van der Waals surface area contributed by atoms with Crippen LogP contribution in [-0.2, 0) is 17.6 Å². The Kier molecular flexibility index (Phi) is 7.97. The van der Waals surface area contributed by atoms with Crippen LogP contribution in [0.1, 0.15) is 18.1 Å². The summed E-state index contributed by atoms with van der Waals surface area (Å²) in [5.74, 6) is 1.28. The van der Waals surface area contributed by atoms with E-state index in [-0.39, 0.29) is 11.7 Å². The van der Waals surface area contributed by atoms with Crippen LogP contribution in [0.3, 0.4) is 0 Å². The molecule has 30 heavy (non-hydrogen) atoms. The number of carbonyl (C=O) groups is 1. The van der Waals surface area contributed by atoms with Gasteiger partial charge in [0.05, 0.1) is 6.42 Å². The number of aliphatic imine (C=N–C) groups is 1. The van der Waals surface area contributed by atoms with E-state index in [1.165, 1.54) is 0 Å². The van der Waals surface area contributed by atoms with Crippen LogP contribution in [0.4, 0.5) is 0 Å². The minimum Gasteiger partial charge on any atom is -0.508 e. The number of phenolic OH excluding ortho intramolecular Hbond substituents is 1. The Labute approximate surface area is 183 Å². The number of aromatic hydroxyl groups is 1. The number of hydrogen-bond acceptors (Lipinski definition) is 3. The van der Waals surface area contributed by atoms with Crippen LogP contribution in [-0.4, -0.2) is 66.0 Å². The number of guanidine groups is 1. The van der Waals surface area contributed by atoms with Crippen LogP contribution in [0, 0.1) is 0 Å². The monoisotopic (exact) mass is 428 g/mol. The number of rotatable bonds is 6. The van der Waals surface area contributed by atoms with Gasteiger partial charge in [-0.05, 0) is 48.7 Å². The van der Waals surface area contributed by atoms with Gasteiger partial charge < -0.3 is 20.2 Å². The third kappa shape index (κ3) is 6.39. The highest BCUT2D eigenvalue weighted by Gasteiger charge is 2.23. The van der Waals surface area contributed by atoms with Crippen molar-refractivity contribution in [1.29, 1.82) is 0 Å². The molecule has 0 bridgehead atoms. The molecule has 1 aliphatic rings. The van der Waals surface area contributed by atoms with Crippen molar-refractivity contribution in [3.05, 3.63) is 64.7 Å². The summed E-state index contributed by atoms with van der Waals surface area (Å²) in [6.45, 7) is 6.33. The van der Waals surface area contributed by atoms with Crippen LogP contribution < -0.4 is 5.32 Å². The number of piperazine rings is 1. The molecule has 1 aliphatic heterocycles. The molecule has 0 spiro atoms. The Morgan fingerprint density at radius 3 is 2.47 bits per heavy atom. The molecular formula is C23H29ClN4O2. The normalized spacial score (nSPS) is 14.7. The van der Waals surface area contributed by atoms with Crippen molar-refractivity contribution >= 4 is 23.5 Å². The summed E-state index contributed by atoms with van der Waals surface area (Å²) < 4.78 is 0. The number of benzene rings is 2. The van der Waals surface area contributed by atoms with Gasteiger partial charge in [0.2, 0.25) is 5.91 Å². The SMILES string of the molecule is CCNC(=NCCc1cccc(O)c1)N1CCN(C(=O)Cc2cccc(Cl)c2)CC1. The summed E-state index contributed by atoms with van der Waals surface area (Å²) in [6.07, 6.45) is 1.14. The van der Waals surface area contributed by atoms with Gasteiger partial charge in [0.1, 0.15) is 5.75 Å². The average Bonchev–Trinajstić information content (AvgIpc) is 2.73. The Hall–Kier alpha value is -2.73. The molecule has 0 saturated carbocycles. The number of nitrogens with zero attached hydrogens (tertiary/aromatic N) is 3. The molecule has 3 rings (SSSR count). The summed E-state index contributed by atoms with van der Waals surface area (Å²) in [5.41, 5.74) is 2.00. The van der Waals surface area contributed by atoms with Crippen molar-refractivity contribution < 1.29 is 9.90 Å². The highest BCUT2D eigenvalue weighted by atomic mass is 35.5. The van der Waals surface area contributed by atoms with Crippen molar-refractivity contribution in [1.82, 2.24) is 15.1 Å². The van der Waals surface area contributed by atoms with Gasteiger partial charge in [0.25, 0.3) is 0 Å². The summed E-state index contributed by atoms with van der Waals surface area (Å²) in [7, 11) is 0. The molecule has 1 heterocycles. The predicted molar refractivity (Wildman–Crippen MR) is 121 cm³/mol. The fraction of sp³-hybridized carbons (Fsp3) is 0.391. The van der Waals surface area contributed by atoms with E-state index < -0.39 is 0 Å². The van der Waals surface area contributed by atoms with Crippen molar-refractivity contribution in [3.63, 3.8) is 0 Å². The summed E-state index contributed by atoms with van der Waals surface area (Å²) in [6, 6.07) is 14.7. The summed E-state index contributed by atoms with van der Waals surface area (Å²) in [5, 5.41) is 13.6. The number of halogens is 1. The Morgan fingerprint density at radius 2 is 1.77 bits per heavy atom. The molecule has 1 amide bonds. The molecular weight excluding hydrogens is 400 g/mol. The second-order valence-corrected chi connectivity index (χ2v) is 7.77. The van der Waals surface area contributed by atoms with Crippen LogP contribution >= 0.6 is 11.6 Å². The molecule has 0 aliphatic carbocycles. The predicted octanol–water partition coefficient (Wildman–Crippen LogP) is 2.94. The van der Waals surface area contributed by atoms with Gasteiger partial charge >= 0.3 is 0 Å². The molecule has 0 radical (unpaired) electrons. The van der Waals surface area contributed by atoms with E-state index in [0.717, 1.165) is 43.1 Å². The summed E-state index contributed by atoms with van der Waals surface area (Å²) in [4.78, 5) is 21.5. The fourth-order valence-electron chi connectivity index (χ4n) is 3.53. The van der Waals surface area contributed by atoms with Gasteiger partial charge in [-0.15, -0.1) is 0 Å². The van der Waals surface area contributed by atoms with E-state index in [0.29, 0.717) is 31.1 Å². The second kappa shape index (κ2) is 10.9. The maximum Gasteiger partial charge on any atom is 0.227 e. The largest absolute Gasteiger partial charge is 0.508 e. The van der Waals surface area contributed by atoms with Gasteiger partial charge in [-0.25, -0.2) is 0 Å². The van der Waals surface area contributed by atoms with Crippen molar-refractivity contribution in [2.24, 2.45) is 4.99 Å². The number of phenols is 1. The first-order valence-corrected chi connectivity index (χ1v) is 10.8. The maximum absolute atomic E-state index is 12.6. The molecule has 1 saturated heterocycles. The highest BCUT2D eigenvalue weighted by Crippen LogP contribution is 2.14. The Morgan fingerprint density at radius 1 is 1.07 bits per heavy atom. The first-order valence-electron chi connectivity index (χ1n) is 10.4. The topological polar surface area (TPSA) is 68.2 Å². The lowest BCUT2D eigenvalue weighted by molar-refractivity contribution is -0.131. The van der Waals surface area contributed by atoms with E-state index in [1.807, 2.05) is 41.3 Å². The Balaban J connectivity index is 1.52. The first-order chi connectivity index (χ1) is 14.5. The number of nitrogens with one attached hydrogen (secondary N) is 1. The second-order valence-electron chi connectivity index (χ2n) is 7.33. The molecule has 2 aromatic rings. The zero-order chi connectivity index (χ0) is 21.3. The van der Waals surface area contributed by atoms with Gasteiger partial charge in [-0.2, -0.15) is 0 Å². The number of carbonyl (C=O) groups excluding carboxylic acids is 1.